The first-order valence-electron chi connectivity index (χ1n) is 18.1. The summed E-state index contributed by atoms with van der Waals surface area (Å²) in [6.07, 6.45) is 12.4. The maximum absolute atomic E-state index is 12.5. The number of ether oxygens (including phenoxy) is 4. The van der Waals surface area contributed by atoms with E-state index in [2.05, 4.69) is 27.0 Å². The third-order valence-corrected chi connectivity index (χ3v) is 7.39. The van der Waals surface area contributed by atoms with Crippen LogP contribution in [0.15, 0.2) is 24.3 Å². The van der Waals surface area contributed by atoms with E-state index in [4.69, 9.17) is 33.5 Å². The molecule has 0 bridgehead atoms. The Morgan fingerprint density at radius 2 is 0.923 bits per heavy atom. The van der Waals surface area contributed by atoms with Crippen molar-refractivity contribution in [1.29, 1.82) is 4.35 Å². The Kier molecular flexibility index (Phi) is 49.2. The zero-order valence-electron chi connectivity index (χ0n) is 33.4. The standard InChI is InChI=1S/C20H38O5.C10H18O2.C8H14O3.CH4.Al.B.HN/c1-6-8-9-11-14-25-18(23)20(5,7-2)16-19(3,4)17(22)24-15-12-10-13-21;1-4-5-6-7-8-12-10(11)9(2)3;1-7(2)8(10)11-6-4-3-5-9;;;;/h21H,6-16H2,1-5H3;2,4-8H2,1,3H3;9H,1,3-6H2,2H3;1H4;;;1H. The van der Waals surface area contributed by atoms with Gasteiger partial charge >= 0.3 is 44.3 Å². The van der Waals surface area contributed by atoms with Gasteiger partial charge in [0, 0.05) is 32.8 Å². The molecule has 0 aromatic carbocycles. The van der Waals surface area contributed by atoms with E-state index >= 15 is 0 Å². The molecule has 11 nitrogen and oxygen atoms in total. The summed E-state index contributed by atoms with van der Waals surface area (Å²) in [5.41, 5.74) is -0.566. The number of hydrogen-bond acceptors (Lipinski definition) is 11. The third-order valence-electron chi connectivity index (χ3n) is 7.39. The van der Waals surface area contributed by atoms with Crippen LogP contribution >= 0.6 is 0 Å². The van der Waals surface area contributed by atoms with Crippen LogP contribution in [0.5, 0.6) is 0 Å². The molecule has 0 fully saturated rings. The molecular weight excluding hydrogens is 680 g/mol. The van der Waals surface area contributed by atoms with Crippen molar-refractivity contribution in [1.82, 2.24) is 0 Å². The Labute approximate surface area is 327 Å². The summed E-state index contributed by atoms with van der Waals surface area (Å²) < 4.78 is 26.1. The minimum absolute atomic E-state index is 0. The van der Waals surface area contributed by atoms with Crippen molar-refractivity contribution in [2.45, 2.75) is 153 Å². The normalized spacial score (nSPS) is 10.9. The van der Waals surface area contributed by atoms with Gasteiger partial charge in [-0.25, -0.2) is 9.59 Å². The van der Waals surface area contributed by atoms with Crippen molar-refractivity contribution >= 4 is 48.4 Å². The fourth-order valence-electron chi connectivity index (χ4n) is 4.15. The van der Waals surface area contributed by atoms with Gasteiger partial charge in [0.15, 0.2) is 0 Å². The zero-order valence-corrected chi connectivity index (χ0v) is 34.5. The van der Waals surface area contributed by atoms with Gasteiger partial charge < -0.3 is 29.2 Å². The summed E-state index contributed by atoms with van der Waals surface area (Å²) >= 11 is 1.67. The van der Waals surface area contributed by atoms with Crippen LogP contribution in [0.3, 0.4) is 0 Å². The molecule has 0 aliphatic rings. The Bertz CT molecular complexity index is 933. The summed E-state index contributed by atoms with van der Waals surface area (Å²) in [5, 5.41) is 17.1. The summed E-state index contributed by atoms with van der Waals surface area (Å²) in [6.45, 7) is 23.8. The molecule has 3 N–H and O–H groups in total. The summed E-state index contributed by atoms with van der Waals surface area (Å²) in [7, 11) is 0. The molecule has 13 heteroatoms. The number of carbonyl (C=O) groups is 4. The SMILES string of the molecule is C.C=C(C)C(=O)OCCCCCC.C=C(C)C(=O)OCCCCO.CCCCCCOC(=O)C(C)(CC)CC(C)(C)C(=O)OCCCCO.[B].[NH]=[Al]. The van der Waals surface area contributed by atoms with Gasteiger partial charge in [-0.3, -0.25) is 9.59 Å². The van der Waals surface area contributed by atoms with Gasteiger partial charge in [-0.05, 0) is 86.0 Å². The molecule has 52 heavy (non-hydrogen) atoms. The van der Waals surface area contributed by atoms with Crippen LogP contribution in [0.1, 0.15) is 153 Å². The zero-order chi connectivity index (χ0) is 39.4. The number of aliphatic hydroxyl groups excluding tert-OH is 2. The molecule has 0 aliphatic carbocycles. The average molecular weight is 756 g/mol. The third kappa shape index (κ3) is 37.4. The van der Waals surface area contributed by atoms with E-state index in [-0.39, 0.29) is 52.9 Å². The molecule has 0 amide bonds. The van der Waals surface area contributed by atoms with Crippen LogP contribution in [0.2, 0.25) is 0 Å². The molecule has 0 heterocycles. The Morgan fingerprint density at radius 3 is 1.23 bits per heavy atom. The second kappa shape index (κ2) is 41.4. The van der Waals surface area contributed by atoms with Crippen LogP contribution in [0.25, 0.3) is 0 Å². The molecule has 1 unspecified atom stereocenters. The van der Waals surface area contributed by atoms with Crippen LogP contribution in [0, 0.1) is 15.2 Å². The number of hydrogen-bond donors (Lipinski definition) is 3. The number of aliphatic hydroxyl groups is 2. The summed E-state index contributed by atoms with van der Waals surface area (Å²) in [6, 6.07) is 0. The Balaban J connectivity index is -0.000000164. The second-order valence-corrected chi connectivity index (χ2v) is 13.1. The van der Waals surface area contributed by atoms with Crippen LogP contribution in [-0.2, 0) is 38.1 Å². The van der Waals surface area contributed by atoms with Gasteiger partial charge in [0.2, 0.25) is 0 Å². The van der Waals surface area contributed by atoms with Crippen LogP contribution in [0.4, 0.5) is 0 Å². The first-order valence-corrected chi connectivity index (χ1v) is 18.7. The van der Waals surface area contributed by atoms with Crippen LogP contribution in [-0.4, -0.2) is 98.2 Å². The van der Waals surface area contributed by atoms with E-state index in [0.717, 1.165) is 38.5 Å². The van der Waals surface area contributed by atoms with E-state index in [1.807, 2.05) is 27.7 Å². The average Bonchev–Trinajstić information content (AvgIpc) is 3.09. The van der Waals surface area contributed by atoms with E-state index in [0.29, 0.717) is 76.1 Å². The van der Waals surface area contributed by atoms with Crippen molar-refractivity contribution in [2.75, 3.05) is 39.6 Å². The minimum atomic E-state index is -0.759. The van der Waals surface area contributed by atoms with Gasteiger partial charge in [-0.1, -0.05) is 79.9 Å². The fourth-order valence-corrected chi connectivity index (χ4v) is 4.15. The van der Waals surface area contributed by atoms with E-state index in [1.165, 1.54) is 12.8 Å². The first kappa shape index (κ1) is 61.7. The maximum atomic E-state index is 12.5. The molecule has 302 valence electrons. The second-order valence-electron chi connectivity index (χ2n) is 13.1. The number of esters is 4. The predicted molar refractivity (Wildman–Crippen MR) is 212 cm³/mol. The quantitative estimate of drug-likeness (QED) is 0.0273. The molecule has 0 rings (SSSR count). The molecule has 0 aromatic heterocycles. The molecule has 0 saturated carbocycles. The van der Waals surface area contributed by atoms with Gasteiger partial charge in [-0.2, -0.15) is 0 Å². The Morgan fingerprint density at radius 1 is 0.596 bits per heavy atom. The van der Waals surface area contributed by atoms with Gasteiger partial charge in [0.1, 0.15) is 0 Å². The predicted octanol–water partition coefficient (Wildman–Crippen LogP) is 7.99. The summed E-state index contributed by atoms with van der Waals surface area (Å²) in [4.78, 5) is 46.4. The van der Waals surface area contributed by atoms with Crippen molar-refractivity contribution in [3.63, 3.8) is 0 Å². The fraction of sp³-hybridized carbons (Fsp3) is 0.795. The number of rotatable bonds is 25. The van der Waals surface area contributed by atoms with Gasteiger partial charge in [-0.15, -0.1) is 0 Å². The van der Waals surface area contributed by atoms with Crippen molar-refractivity contribution in [3.05, 3.63) is 24.3 Å². The number of nitrogens with one attached hydrogen (secondary N) is 1. The molecule has 0 saturated heterocycles. The van der Waals surface area contributed by atoms with Crippen molar-refractivity contribution in [3.8, 4) is 0 Å². The monoisotopic (exact) mass is 756 g/mol. The summed E-state index contributed by atoms with van der Waals surface area (Å²) in [5.74, 6) is -1.16. The molecular formula is C39H75AlBNO10. The van der Waals surface area contributed by atoms with Gasteiger partial charge in [0.05, 0.1) is 37.3 Å². The van der Waals surface area contributed by atoms with E-state index in [9.17, 15) is 19.2 Å². The van der Waals surface area contributed by atoms with Crippen molar-refractivity contribution < 1.29 is 48.3 Å². The number of carbonyl (C=O) groups excluding carboxylic acids is 4. The molecule has 1 atom stereocenters. The van der Waals surface area contributed by atoms with Crippen LogP contribution < -0.4 is 0 Å². The molecule has 0 spiro atoms. The number of unbranched alkanes of at least 4 members (excludes halogenated alkanes) is 8. The van der Waals surface area contributed by atoms with E-state index in [1.54, 1.807) is 29.9 Å². The molecule has 0 aliphatic heterocycles. The van der Waals surface area contributed by atoms with Gasteiger partial charge in [0.25, 0.3) is 0 Å². The molecule has 0 aromatic rings. The first-order chi connectivity index (χ1) is 23.6. The topological polar surface area (TPSA) is 170 Å². The Hall–Kier alpha value is -2.32. The van der Waals surface area contributed by atoms with Crippen molar-refractivity contribution in [2.24, 2.45) is 10.8 Å². The van der Waals surface area contributed by atoms with E-state index < -0.39 is 10.8 Å². The molecule has 4 radical (unpaired) electrons.